The van der Waals surface area contributed by atoms with E-state index < -0.39 is 0 Å². The van der Waals surface area contributed by atoms with Crippen LogP contribution < -0.4 is 5.32 Å². The molecule has 1 aliphatic rings. The smallest absolute Gasteiger partial charge is 0.271 e. The topological polar surface area (TPSA) is 54.9 Å². The van der Waals surface area contributed by atoms with Crippen molar-refractivity contribution in [2.24, 2.45) is 11.8 Å². The molecular weight excluding hydrogens is 250 g/mol. The second kappa shape index (κ2) is 6.14. The highest BCUT2D eigenvalue weighted by atomic mass is 35.5. The maximum atomic E-state index is 11.9. The molecule has 1 aliphatic carbocycles. The zero-order chi connectivity index (χ0) is 13.0. The summed E-state index contributed by atoms with van der Waals surface area (Å²) in [6, 6.07) is 0. The SMILES string of the molecule is CC1CCCCC1CNC(=O)c1cncc(Cl)n1. The Morgan fingerprint density at radius 2 is 2.22 bits per heavy atom. The van der Waals surface area contributed by atoms with Crippen LogP contribution in [0.4, 0.5) is 0 Å². The number of carbonyl (C=O) groups is 1. The van der Waals surface area contributed by atoms with E-state index in [1.165, 1.54) is 38.1 Å². The van der Waals surface area contributed by atoms with Gasteiger partial charge in [-0.05, 0) is 18.3 Å². The minimum atomic E-state index is -0.192. The van der Waals surface area contributed by atoms with E-state index >= 15 is 0 Å². The van der Waals surface area contributed by atoms with Gasteiger partial charge >= 0.3 is 0 Å². The van der Waals surface area contributed by atoms with Gasteiger partial charge in [0.1, 0.15) is 10.8 Å². The molecule has 98 valence electrons. The molecule has 0 saturated heterocycles. The van der Waals surface area contributed by atoms with Crippen molar-refractivity contribution >= 4 is 17.5 Å². The van der Waals surface area contributed by atoms with Gasteiger partial charge in [-0.3, -0.25) is 9.78 Å². The summed E-state index contributed by atoms with van der Waals surface area (Å²) in [6.45, 7) is 2.98. The average molecular weight is 268 g/mol. The number of nitrogens with zero attached hydrogens (tertiary/aromatic N) is 2. The highest BCUT2D eigenvalue weighted by molar-refractivity contribution is 6.29. The fourth-order valence-corrected chi connectivity index (χ4v) is 2.61. The van der Waals surface area contributed by atoms with Gasteiger partial charge in [-0.25, -0.2) is 4.98 Å². The first-order chi connectivity index (χ1) is 8.66. The Labute approximate surface area is 112 Å². The Kier molecular flexibility index (Phi) is 4.53. The van der Waals surface area contributed by atoms with Crippen LogP contribution in [-0.4, -0.2) is 22.4 Å². The lowest BCUT2D eigenvalue weighted by molar-refractivity contribution is 0.0931. The number of carbonyl (C=O) groups excluding carboxylic acids is 1. The molecule has 1 aromatic heterocycles. The number of aromatic nitrogens is 2. The monoisotopic (exact) mass is 267 g/mol. The molecule has 4 nitrogen and oxygen atoms in total. The quantitative estimate of drug-likeness (QED) is 0.916. The first-order valence-corrected chi connectivity index (χ1v) is 6.80. The zero-order valence-corrected chi connectivity index (χ0v) is 11.3. The fraction of sp³-hybridized carbons (Fsp3) is 0.615. The van der Waals surface area contributed by atoms with Crippen LogP contribution in [-0.2, 0) is 0 Å². The van der Waals surface area contributed by atoms with Crippen molar-refractivity contribution in [2.45, 2.75) is 32.6 Å². The Morgan fingerprint density at radius 1 is 1.44 bits per heavy atom. The Morgan fingerprint density at radius 3 is 2.94 bits per heavy atom. The molecule has 0 aromatic carbocycles. The van der Waals surface area contributed by atoms with E-state index in [-0.39, 0.29) is 16.8 Å². The molecule has 1 saturated carbocycles. The lowest BCUT2D eigenvalue weighted by atomic mass is 9.80. The van der Waals surface area contributed by atoms with Crippen molar-refractivity contribution in [3.8, 4) is 0 Å². The van der Waals surface area contributed by atoms with Gasteiger partial charge in [0.15, 0.2) is 0 Å². The molecule has 0 bridgehead atoms. The predicted octanol–water partition coefficient (Wildman–Crippen LogP) is 2.69. The standard InChI is InChI=1S/C13H18ClN3O/c1-9-4-2-3-5-10(9)6-16-13(18)11-7-15-8-12(14)17-11/h7-10H,2-6H2,1H3,(H,16,18). The highest BCUT2D eigenvalue weighted by Gasteiger charge is 2.22. The summed E-state index contributed by atoms with van der Waals surface area (Å²) in [4.78, 5) is 19.7. The number of amides is 1. The van der Waals surface area contributed by atoms with Crippen LogP contribution in [0.1, 0.15) is 43.1 Å². The zero-order valence-electron chi connectivity index (χ0n) is 10.5. The Hall–Kier alpha value is -1.16. The van der Waals surface area contributed by atoms with Crippen molar-refractivity contribution in [1.82, 2.24) is 15.3 Å². The summed E-state index contributed by atoms with van der Waals surface area (Å²) >= 11 is 5.71. The third-order valence-corrected chi connectivity index (χ3v) is 3.83. The number of hydrogen-bond acceptors (Lipinski definition) is 3. The average Bonchev–Trinajstić information content (AvgIpc) is 2.37. The normalized spacial score (nSPS) is 23.7. The second-order valence-electron chi connectivity index (χ2n) is 4.96. The summed E-state index contributed by atoms with van der Waals surface area (Å²) in [7, 11) is 0. The third kappa shape index (κ3) is 3.42. The maximum absolute atomic E-state index is 11.9. The molecule has 1 N–H and O–H groups in total. The van der Waals surface area contributed by atoms with Crippen LogP contribution in [0.25, 0.3) is 0 Å². The van der Waals surface area contributed by atoms with Crippen LogP contribution in [0.15, 0.2) is 12.4 Å². The van der Waals surface area contributed by atoms with Gasteiger partial charge in [-0.15, -0.1) is 0 Å². The molecule has 5 heteroatoms. The minimum absolute atomic E-state index is 0.192. The fourth-order valence-electron chi connectivity index (χ4n) is 2.46. The van der Waals surface area contributed by atoms with Crippen LogP contribution in [0.5, 0.6) is 0 Å². The van der Waals surface area contributed by atoms with Gasteiger partial charge in [0, 0.05) is 6.54 Å². The third-order valence-electron chi connectivity index (χ3n) is 3.65. The van der Waals surface area contributed by atoms with Gasteiger partial charge in [0.05, 0.1) is 12.4 Å². The van der Waals surface area contributed by atoms with Crippen LogP contribution in [0, 0.1) is 11.8 Å². The molecule has 1 fully saturated rings. The van der Waals surface area contributed by atoms with E-state index in [4.69, 9.17) is 11.6 Å². The minimum Gasteiger partial charge on any atom is -0.350 e. The Balaban J connectivity index is 1.88. The number of nitrogens with one attached hydrogen (secondary N) is 1. The van der Waals surface area contributed by atoms with Gasteiger partial charge in [0.2, 0.25) is 0 Å². The van der Waals surface area contributed by atoms with Crippen molar-refractivity contribution in [1.29, 1.82) is 0 Å². The van der Waals surface area contributed by atoms with E-state index in [0.717, 1.165) is 0 Å². The molecule has 18 heavy (non-hydrogen) atoms. The summed E-state index contributed by atoms with van der Waals surface area (Å²) < 4.78 is 0. The number of halogens is 1. The molecule has 0 spiro atoms. The molecular formula is C13H18ClN3O. The van der Waals surface area contributed by atoms with Crippen molar-refractivity contribution in [2.75, 3.05) is 6.54 Å². The molecule has 1 aromatic rings. The summed E-state index contributed by atoms with van der Waals surface area (Å²) in [5.74, 6) is 1.07. The van der Waals surface area contributed by atoms with Crippen LogP contribution >= 0.6 is 11.6 Å². The lowest BCUT2D eigenvalue weighted by Gasteiger charge is -2.28. The maximum Gasteiger partial charge on any atom is 0.271 e. The van der Waals surface area contributed by atoms with Crippen molar-refractivity contribution in [3.05, 3.63) is 23.2 Å². The van der Waals surface area contributed by atoms with Crippen molar-refractivity contribution < 1.29 is 4.79 Å². The van der Waals surface area contributed by atoms with E-state index in [2.05, 4.69) is 22.2 Å². The molecule has 0 aliphatic heterocycles. The number of hydrogen-bond donors (Lipinski definition) is 1. The predicted molar refractivity (Wildman–Crippen MR) is 70.5 cm³/mol. The van der Waals surface area contributed by atoms with E-state index in [9.17, 15) is 4.79 Å². The molecule has 1 amide bonds. The van der Waals surface area contributed by atoms with Crippen LogP contribution in [0.3, 0.4) is 0 Å². The summed E-state index contributed by atoms with van der Waals surface area (Å²) in [5, 5.41) is 3.17. The molecule has 2 atom stereocenters. The second-order valence-corrected chi connectivity index (χ2v) is 5.35. The van der Waals surface area contributed by atoms with Gasteiger partial charge in [0.25, 0.3) is 5.91 Å². The first kappa shape index (κ1) is 13.3. The first-order valence-electron chi connectivity index (χ1n) is 6.42. The van der Waals surface area contributed by atoms with Crippen LogP contribution in [0.2, 0.25) is 5.15 Å². The summed E-state index contributed by atoms with van der Waals surface area (Å²) in [6.07, 6.45) is 7.89. The number of rotatable bonds is 3. The molecule has 2 unspecified atom stereocenters. The van der Waals surface area contributed by atoms with E-state index in [0.29, 0.717) is 18.4 Å². The van der Waals surface area contributed by atoms with Gasteiger partial charge < -0.3 is 5.32 Å². The molecule has 2 rings (SSSR count). The van der Waals surface area contributed by atoms with Gasteiger partial charge in [-0.1, -0.05) is 37.8 Å². The highest BCUT2D eigenvalue weighted by Crippen LogP contribution is 2.28. The van der Waals surface area contributed by atoms with Crippen molar-refractivity contribution in [3.63, 3.8) is 0 Å². The largest absolute Gasteiger partial charge is 0.350 e. The van der Waals surface area contributed by atoms with Gasteiger partial charge in [-0.2, -0.15) is 0 Å². The summed E-state index contributed by atoms with van der Waals surface area (Å²) in [5.41, 5.74) is 0.283. The molecule has 0 radical (unpaired) electrons. The molecule has 1 heterocycles. The van der Waals surface area contributed by atoms with E-state index in [1.54, 1.807) is 0 Å². The lowest BCUT2D eigenvalue weighted by Crippen LogP contribution is -2.33. The Bertz CT molecular complexity index is 424. The van der Waals surface area contributed by atoms with E-state index in [1.807, 2.05) is 0 Å².